The monoisotopic (exact) mass is 329 g/mol. The van der Waals surface area contributed by atoms with Crippen molar-refractivity contribution >= 4 is 5.97 Å². The van der Waals surface area contributed by atoms with E-state index < -0.39 is 36.2 Å². The van der Waals surface area contributed by atoms with E-state index >= 15 is 0 Å². The van der Waals surface area contributed by atoms with Gasteiger partial charge in [0.25, 0.3) is 0 Å². The van der Waals surface area contributed by atoms with Crippen molar-refractivity contribution in [2.75, 3.05) is 0 Å². The number of hydrogen-bond donors (Lipinski definition) is 0. The third-order valence-electron chi connectivity index (χ3n) is 1.60. The van der Waals surface area contributed by atoms with Crippen LogP contribution in [0.3, 0.4) is 0 Å². The lowest BCUT2D eigenvalue weighted by Gasteiger charge is -2.33. The minimum Gasteiger partial charge on any atom is -0.544 e. The highest BCUT2D eigenvalue weighted by Gasteiger charge is 2.78. The number of carbonyl (C=O) groups is 1. The summed E-state index contributed by atoms with van der Waals surface area (Å²) in [6.45, 7) is 0. The average molecular weight is 329 g/mol. The second-order valence-electron chi connectivity index (χ2n) is 3.07. The summed E-state index contributed by atoms with van der Waals surface area (Å²) in [5.41, 5.74) is 0. The normalized spacial score (nSPS) is 15.3. The quantitative estimate of drug-likeness (QED) is 0.723. The van der Waals surface area contributed by atoms with Crippen molar-refractivity contribution in [3.8, 4) is 0 Å². The van der Waals surface area contributed by atoms with Crippen LogP contribution in [0.4, 0.5) is 48.3 Å². The summed E-state index contributed by atoms with van der Waals surface area (Å²) in [5.74, 6) is -17.9. The smallest absolute Gasteiger partial charge is 0.462 e. The number of ether oxygens (including phenoxy) is 1. The van der Waals surface area contributed by atoms with Crippen molar-refractivity contribution in [3.05, 3.63) is 0 Å². The first-order valence-corrected chi connectivity index (χ1v) is 3.90. The van der Waals surface area contributed by atoms with Crippen LogP contribution >= 0.6 is 0 Å². The molecule has 0 saturated heterocycles. The molecule has 20 heavy (non-hydrogen) atoms. The van der Waals surface area contributed by atoms with Crippen molar-refractivity contribution < 1.29 is 62.9 Å². The molecular formula is C6F11O3-. The number of carboxylic acid groups (broad SMARTS) is 1. The molecule has 0 fully saturated rings. The van der Waals surface area contributed by atoms with Gasteiger partial charge in [0.05, 0.1) is 0 Å². The molecule has 0 spiro atoms. The lowest BCUT2D eigenvalue weighted by Crippen LogP contribution is -2.61. The summed E-state index contributed by atoms with van der Waals surface area (Å²) in [6, 6.07) is 0. The number of carbonyl (C=O) groups excluding carboxylic acids is 1. The molecular weight excluding hydrogens is 329 g/mol. The molecule has 14 heteroatoms. The van der Waals surface area contributed by atoms with Gasteiger partial charge in [-0.2, -0.15) is 48.3 Å². The Hall–Kier alpha value is -1.34. The predicted octanol–water partition coefficient (Wildman–Crippen LogP) is 1.77. The van der Waals surface area contributed by atoms with E-state index in [1.54, 1.807) is 0 Å². The van der Waals surface area contributed by atoms with Gasteiger partial charge >= 0.3 is 30.2 Å². The minimum atomic E-state index is -7.29. The second kappa shape index (κ2) is 4.60. The average Bonchev–Trinajstić information content (AvgIpc) is 2.12. The summed E-state index contributed by atoms with van der Waals surface area (Å²) < 4.78 is 133. The van der Waals surface area contributed by atoms with Gasteiger partial charge < -0.3 is 9.90 Å². The van der Waals surface area contributed by atoms with Crippen LogP contribution in [-0.2, 0) is 9.53 Å². The second-order valence-corrected chi connectivity index (χ2v) is 3.07. The minimum absolute atomic E-state index is 1.44. The molecule has 0 aliphatic rings. The molecule has 0 rings (SSSR count). The first-order valence-electron chi connectivity index (χ1n) is 3.90. The van der Waals surface area contributed by atoms with Gasteiger partial charge in [-0.05, 0) is 0 Å². The molecule has 0 heterocycles. The zero-order valence-electron chi connectivity index (χ0n) is 8.38. The van der Waals surface area contributed by atoms with Crippen LogP contribution in [-0.4, -0.2) is 36.2 Å². The molecule has 0 saturated carbocycles. The van der Waals surface area contributed by atoms with E-state index in [1.165, 1.54) is 4.74 Å². The maximum Gasteiger partial charge on any atom is 0.462 e. The summed E-state index contributed by atoms with van der Waals surface area (Å²) in [5, 5.41) is 9.52. The van der Waals surface area contributed by atoms with Crippen LogP contribution in [0, 0.1) is 0 Å². The van der Waals surface area contributed by atoms with Gasteiger partial charge in [-0.3, -0.25) is 0 Å². The van der Waals surface area contributed by atoms with Crippen molar-refractivity contribution in [1.29, 1.82) is 0 Å². The molecule has 0 amide bonds. The van der Waals surface area contributed by atoms with Gasteiger partial charge in [-0.25, -0.2) is 4.74 Å². The van der Waals surface area contributed by atoms with E-state index in [-0.39, 0.29) is 0 Å². The van der Waals surface area contributed by atoms with Gasteiger partial charge in [0.2, 0.25) is 0 Å². The first-order chi connectivity index (χ1) is 8.40. The van der Waals surface area contributed by atoms with Crippen molar-refractivity contribution in [2.24, 2.45) is 0 Å². The standard InChI is InChI=1S/C6HF11O3/c7-2(8,1(18)19)5(14,15)20-6(16,17)3(9,10)4(11,12)13/h(H,18,19)/p-1. The maximum absolute atomic E-state index is 12.3. The number of rotatable bonds is 5. The highest BCUT2D eigenvalue weighted by atomic mass is 19.4. The van der Waals surface area contributed by atoms with E-state index in [0.717, 1.165) is 0 Å². The van der Waals surface area contributed by atoms with Gasteiger partial charge in [0, 0.05) is 0 Å². The highest BCUT2D eigenvalue weighted by Crippen LogP contribution is 2.50. The SMILES string of the molecule is O=C([O-])C(F)(F)C(F)(F)OC(F)(F)C(F)(F)C(F)(F)F. The Balaban J connectivity index is 5.56. The first kappa shape index (κ1) is 18.7. The molecule has 3 nitrogen and oxygen atoms in total. The largest absolute Gasteiger partial charge is 0.544 e. The lowest BCUT2D eigenvalue weighted by atomic mass is 10.3. The number of hydrogen-bond acceptors (Lipinski definition) is 3. The molecule has 0 aromatic heterocycles. The van der Waals surface area contributed by atoms with Crippen LogP contribution in [0.25, 0.3) is 0 Å². The Morgan fingerprint density at radius 1 is 0.750 bits per heavy atom. The topological polar surface area (TPSA) is 49.4 Å². The molecule has 0 radical (unpaired) electrons. The number of aliphatic carboxylic acids is 1. The zero-order chi connectivity index (χ0) is 16.8. The fourth-order valence-electron chi connectivity index (χ4n) is 0.573. The molecule has 0 atom stereocenters. The maximum atomic E-state index is 12.3. The Bertz CT molecular complexity index is 384. The summed E-state index contributed by atoms with van der Waals surface area (Å²) >= 11 is 0. The van der Waals surface area contributed by atoms with Gasteiger partial charge in [-0.15, -0.1) is 0 Å². The van der Waals surface area contributed by atoms with E-state index in [1.807, 2.05) is 0 Å². The lowest BCUT2D eigenvalue weighted by molar-refractivity contribution is -0.496. The molecule has 0 aromatic carbocycles. The Morgan fingerprint density at radius 3 is 1.35 bits per heavy atom. The number of halogens is 11. The zero-order valence-corrected chi connectivity index (χ0v) is 8.38. The Labute approximate surface area is 100 Å². The summed E-state index contributed by atoms with van der Waals surface area (Å²) in [7, 11) is 0. The van der Waals surface area contributed by atoms with Crippen LogP contribution in [0.5, 0.6) is 0 Å². The molecule has 0 aliphatic heterocycles. The van der Waals surface area contributed by atoms with E-state index in [2.05, 4.69) is 0 Å². The van der Waals surface area contributed by atoms with Crippen LogP contribution < -0.4 is 5.11 Å². The fraction of sp³-hybridized carbons (Fsp3) is 0.833. The third-order valence-corrected chi connectivity index (χ3v) is 1.60. The van der Waals surface area contributed by atoms with E-state index in [9.17, 15) is 58.2 Å². The summed E-state index contributed by atoms with van der Waals surface area (Å²) in [6.07, 6.45) is -21.2. The molecule has 0 aliphatic carbocycles. The van der Waals surface area contributed by atoms with Crippen LogP contribution in [0.15, 0.2) is 0 Å². The van der Waals surface area contributed by atoms with Gasteiger partial charge in [0.1, 0.15) is 5.97 Å². The Kier molecular flexibility index (Phi) is 4.29. The van der Waals surface area contributed by atoms with Crippen molar-refractivity contribution in [3.63, 3.8) is 0 Å². The molecule has 0 aromatic rings. The van der Waals surface area contributed by atoms with E-state index in [4.69, 9.17) is 0 Å². The molecule has 0 bridgehead atoms. The predicted molar refractivity (Wildman–Crippen MR) is 31.9 cm³/mol. The van der Waals surface area contributed by atoms with E-state index in [0.29, 0.717) is 0 Å². The van der Waals surface area contributed by atoms with Crippen molar-refractivity contribution in [1.82, 2.24) is 0 Å². The fourth-order valence-corrected chi connectivity index (χ4v) is 0.573. The van der Waals surface area contributed by atoms with Gasteiger partial charge in [-0.1, -0.05) is 0 Å². The molecule has 120 valence electrons. The van der Waals surface area contributed by atoms with Crippen molar-refractivity contribution in [2.45, 2.75) is 30.2 Å². The molecule has 0 unspecified atom stereocenters. The summed E-state index contributed by atoms with van der Waals surface area (Å²) in [4.78, 5) is 9.52. The van der Waals surface area contributed by atoms with Crippen LogP contribution in [0.1, 0.15) is 0 Å². The number of carboxylic acids is 1. The Morgan fingerprint density at radius 2 is 1.10 bits per heavy atom. The van der Waals surface area contributed by atoms with Gasteiger partial charge in [0.15, 0.2) is 0 Å². The number of alkyl halides is 11. The third kappa shape index (κ3) is 2.88. The highest BCUT2D eigenvalue weighted by molar-refractivity contribution is 5.74. The molecule has 0 N–H and O–H groups in total. The van der Waals surface area contributed by atoms with Crippen LogP contribution in [0.2, 0.25) is 0 Å².